The number of carbonyl (C=O) groups is 2. The van der Waals surface area contributed by atoms with E-state index in [-0.39, 0.29) is 46.2 Å². The number of ether oxygens (including phenoxy) is 2. The lowest BCUT2D eigenvalue weighted by atomic mass is 9.69. The Bertz CT molecular complexity index is 1120. The number of rotatable bonds is 1. The Morgan fingerprint density at radius 1 is 1.00 bits per heavy atom. The number of hydrogen-bond donors (Lipinski definition) is 4. The van der Waals surface area contributed by atoms with Crippen LogP contribution in [0.15, 0.2) is 24.3 Å². The number of nitrogens with two attached hydrogens (primary N) is 1. The molecule has 0 spiro atoms. The van der Waals surface area contributed by atoms with Crippen molar-refractivity contribution in [2.45, 2.75) is 37.2 Å². The first kappa shape index (κ1) is 19.2. The molecule has 3 aliphatic rings. The van der Waals surface area contributed by atoms with Crippen LogP contribution in [0, 0.1) is 0 Å². The molecule has 1 saturated heterocycles. The molecule has 8 heteroatoms. The number of hydrogen-bond acceptors (Lipinski definition) is 8. The first-order valence-electron chi connectivity index (χ1n) is 9.72. The van der Waals surface area contributed by atoms with Crippen LogP contribution in [0.5, 0.6) is 11.5 Å². The highest BCUT2D eigenvalue weighted by Gasteiger charge is 2.55. The van der Waals surface area contributed by atoms with E-state index in [0.29, 0.717) is 13.2 Å². The van der Waals surface area contributed by atoms with Crippen LogP contribution in [-0.4, -0.2) is 51.4 Å². The van der Waals surface area contributed by atoms with Crippen LogP contribution in [0.2, 0.25) is 0 Å². The van der Waals surface area contributed by atoms with Crippen molar-refractivity contribution in [2.75, 3.05) is 13.2 Å². The normalized spacial score (nSPS) is 26.8. The third-order valence-corrected chi connectivity index (χ3v) is 6.59. The fourth-order valence-electron chi connectivity index (χ4n) is 4.90. The van der Waals surface area contributed by atoms with Gasteiger partial charge < -0.3 is 30.5 Å². The SMILES string of the molecule is CC1(C2(N)Cc3c(O)c4c(c(O)c3C(O)C2)C(=O)c2ccccc2C4=O)OCCO1. The van der Waals surface area contributed by atoms with Crippen molar-refractivity contribution < 1.29 is 34.4 Å². The van der Waals surface area contributed by atoms with Gasteiger partial charge in [0.25, 0.3) is 0 Å². The molecular weight excluding hydrogens is 390 g/mol. The lowest BCUT2D eigenvalue weighted by molar-refractivity contribution is -0.200. The molecule has 8 nitrogen and oxygen atoms in total. The minimum absolute atomic E-state index is 0.00875. The van der Waals surface area contributed by atoms with E-state index in [4.69, 9.17) is 15.2 Å². The largest absolute Gasteiger partial charge is 0.507 e. The third-order valence-electron chi connectivity index (χ3n) is 6.59. The number of aliphatic hydroxyl groups excluding tert-OH is 1. The van der Waals surface area contributed by atoms with Crippen molar-refractivity contribution in [3.05, 3.63) is 57.6 Å². The first-order chi connectivity index (χ1) is 14.2. The predicted molar refractivity (Wildman–Crippen MR) is 104 cm³/mol. The summed E-state index contributed by atoms with van der Waals surface area (Å²) < 4.78 is 11.4. The highest BCUT2D eigenvalue weighted by atomic mass is 16.7. The lowest BCUT2D eigenvalue weighted by Gasteiger charge is -2.46. The fraction of sp³-hybridized carbons (Fsp3) is 0.364. The van der Waals surface area contributed by atoms with Crippen LogP contribution < -0.4 is 5.73 Å². The summed E-state index contributed by atoms with van der Waals surface area (Å²) in [6, 6.07) is 6.22. The molecule has 1 heterocycles. The zero-order chi connectivity index (χ0) is 21.4. The highest BCUT2D eigenvalue weighted by Crippen LogP contribution is 2.52. The van der Waals surface area contributed by atoms with Gasteiger partial charge in [0.2, 0.25) is 0 Å². The third kappa shape index (κ3) is 2.30. The predicted octanol–water partition coefficient (Wildman–Crippen LogP) is 1.31. The summed E-state index contributed by atoms with van der Waals surface area (Å²) in [7, 11) is 0. The van der Waals surface area contributed by atoms with Gasteiger partial charge in [0.15, 0.2) is 17.4 Å². The Labute approximate surface area is 171 Å². The standard InChI is InChI=1S/C22H21NO7/c1-21(29-6-7-30-21)22(23)8-12-14(13(24)9-22)20(28)16-15(19(12)27)17(25)10-4-2-3-5-11(10)18(16)26/h2-5,13,24,27-28H,6-9,23H2,1H3. The summed E-state index contributed by atoms with van der Waals surface area (Å²) in [5.74, 6) is -3.32. The lowest BCUT2D eigenvalue weighted by Crippen LogP contribution is -2.63. The summed E-state index contributed by atoms with van der Waals surface area (Å²) in [6.07, 6.45) is -1.34. The van der Waals surface area contributed by atoms with Gasteiger partial charge in [-0.25, -0.2) is 0 Å². The number of fused-ring (bicyclic) bond motifs is 3. The Kier molecular flexibility index (Phi) is 3.91. The Hall–Kier alpha value is -2.78. The average molecular weight is 411 g/mol. The summed E-state index contributed by atoms with van der Waals surface area (Å²) in [6.45, 7) is 2.34. The van der Waals surface area contributed by atoms with E-state index >= 15 is 0 Å². The molecule has 2 aromatic carbocycles. The molecule has 156 valence electrons. The molecule has 0 saturated carbocycles. The van der Waals surface area contributed by atoms with Gasteiger partial charge in [-0.1, -0.05) is 24.3 Å². The van der Waals surface area contributed by atoms with Gasteiger partial charge in [0.1, 0.15) is 11.5 Å². The monoisotopic (exact) mass is 411 g/mol. The summed E-state index contributed by atoms with van der Waals surface area (Å²) in [5.41, 5.74) is 5.20. The van der Waals surface area contributed by atoms with E-state index in [9.17, 15) is 24.9 Å². The van der Waals surface area contributed by atoms with Gasteiger partial charge >= 0.3 is 0 Å². The maximum atomic E-state index is 13.1. The van der Waals surface area contributed by atoms with Gasteiger partial charge in [0.05, 0.1) is 36.0 Å². The first-order valence-corrected chi connectivity index (χ1v) is 9.72. The minimum Gasteiger partial charge on any atom is -0.507 e. The van der Waals surface area contributed by atoms with Crippen LogP contribution in [0.3, 0.4) is 0 Å². The summed E-state index contributed by atoms with van der Waals surface area (Å²) in [5, 5.41) is 32.9. The molecule has 0 amide bonds. The summed E-state index contributed by atoms with van der Waals surface area (Å²) >= 11 is 0. The number of phenolic OH excluding ortho intramolecular Hbond substituents is 2. The van der Waals surface area contributed by atoms with Gasteiger partial charge in [-0.05, 0) is 13.3 Å². The fourth-order valence-corrected chi connectivity index (χ4v) is 4.90. The second-order valence-corrected chi connectivity index (χ2v) is 8.24. The van der Waals surface area contributed by atoms with Crippen LogP contribution in [-0.2, 0) is 15.9 Å². The molecule has 0 radical (unpaired) electrons. The average Bonchev–Trinajstić information content (AvgIpc) is 3.17. The second-order valence-electron chi connectivity index (χ2n) is 8.24. The van der Waals surface area contributed by atoms with Crippen molar-refractivity contribution in [1.29, 1.82) is 0 Å². The van der Waals surface area contributed by atoms with Crippen molar-refractivity contribution in [3.8, 4) is 11.5 Å². The molecule has 2 aromatic rings. The number of carbonyl (C=O) groups excluding carboxylic acids is 2. The van der Waals surface area contributed by atoms with Gasteiger partial charge in [-0.15, -0.1) is 0 Å². The molecule has 2 aliphatic carbocycles. The maximum absolute atomic E-state index is 13.1. The van der Waals surface area contributed by atoms with E-state index in [0.717, 1.165) is 0 Å². The molecule has 2 unspecified atom stereocenters. The van der Waals surface area contributed by atoms with Crippen LogP contribution in [0.4, 0.5) is 0 Å². The zero-order valence-corrected chi connectivity index (χ0v) is 16.3. The molecule has 5 N–H and O–H groups in total. The quantitative estimate of drug-likeness (QED) is 0.440. The number of aromatic hydroxyl groups is 2. The molecule has 0 aromatic heterocycles. The molecule has 0 bridgehead atoms. The van der Waals surface area contributed by atoms with Crippen molar-refractivity contribution in [2.24, 2.45) is 5.73 Å². The van der Waals surface area contributed by atoms with E-state index < -0.39 is 40.5 Å². The number of phenols is 2. The van der Waals surface area contributed by atoms with E-state index in [1.54, 1.807) is 19.1 Å². The number of benzene rings is 2. The van der Waals surface area contributed by atoms with Crippen LogP contribution in [0.25, 0.3) is 0 Å². The van der Waals surface area contributed by atoms with Gasteiger partial charge in [0, 0.05) is 28.7 Å². The van der Waals surface area contributed by atoms with Gasteiger partial charge in [-0.2, -0.15) is 0 Å². The maximum Gasteiger partial charge on any atom is 0.198 e. The van der Waals surface area contributed by atoms with Crippen molar-refractivity contribution in [1.82, 2.24) is 0 Å². The Morgan fingerprint density at radius 3 is 2.10 bits per heavy atom. The van der Waals surface area contributed by atoms with E-state index in [2.05, 4.69) is 0 Å². The van der Waals surface area contributed by atoms with Crippen LogP contribution >= 0.6 is 0 Å². The smallest absolute Gasteiger partial charge is 0.198 e. The summed E-state index contributed by atoms with van der Waals surface area (Å²) in [4.78, 5) is 26.1. The molecule has 1 fully saturated rings. The topological polar surface area (TPSA) is 139 Å². The molecule has 5 rings (SSSR count). The Balaban J connectivity index is 1.73. The van der Waals surface area contributed by atoms with E-state index in [1.165, 1.54) is 12.1 Å². The second kappa shape index (κ2) is 6.12. The molecule has 30 heavy (non-hydrogen) atoms. The Morgan fingerprint density at radius 2 is 1.53 bits per heavy atom. The number of ketones is 2. The van der Waals surface area contributed by atoms with E-state index in [1.807, 2.05) is 0 Å². The number of aliphatic hydroxyl groups is 1. The minimum atomic E-state index is -1.29. The molecular formula is C22H21NO7. The van der Waals surface area contributed by atoms with Crippen molar-refractivity contribution in [3.63, 3.8) is 0 Å². The zero-order valence-electron chi connectivity index (χ0n) is 16.3. The van der Waals surface area contributed by atoms with Gasteiger partial charge in [-0.3, -0.25) is 9.59 Å². The van der Waals surface area contributed by atoms with Crippen molar-refractivity contribution >= 4 is 11.6 Å². The highest BCUT2D eigenvalue weighted by molar-refractivity contribution is 6.30. The molecule has 2 atom stereocenters. The molecule has 1 aliphatic heterocycles. The van der Waals surface area contributed by atoms with Crippen LogP contribution in [0.1, 0.15) is 62.4 Å².